The Morgan fingerprint density at radius 2 is 1.86 bits per heavy atom. The van der Waals surface area contributed by atoms with Gasteiger partial charge in [-0.2, -0.15) is 4.31 Å². The number of nitrogens with zero attached hydrogens (tertiary/aromatic N) is 3. The highest BCUT2D eigenvalue weighted by molar-refractivity contribution is 7.98. The van der Waals surface area contributed by atoms with Gasteiger partial charge in [0, 0.05) is 23.9 Å². The number of carbonyl (C=O) groups is 1. The Morgan fingerprint density at radius 1 is 1.11 bits per heavy atom. The fourth-order valence-electron chi connectivity index (χ4n) is 4.23. The van der Waals surface area contributed by atoms with Crippen LogP contribution in [0.5, 0.6) is 0 Å². The summed E-state index contributed by atoms with van der Waals surface area (Å²) in [5.74, 6) is 0.329. The van der Waals surface area contributed by atoms with Crippen LogP contribution in [0.25, 0.3) is 10.2 Å². The number of aromatic nitrogens is 1. The van der Waals surface area contributed by atoms with Gasteiger partial charge in [-0.15, -0.1) is 11.8 Å². The van der Waals surface area contributed by atoms with E-state index in [0.29, 0.717) is 36.8 Å². The second-order valence-electron chi connectivity index (χ2n) is 8.32. The minimum atomic E-state index is -3.59. The van der Waals surface area contributed by atoms with Crippen LogP contribution in [0.15, 0.2) is 81.1 Å². The zero-order valence-corrected chi connectivity index (χ0v) is 21.6. The van der Waals surface area contributed by atoms with Crippen LogP contribution in [0, 0.1) is 5.92 Å². The summed E-state index contributed by atoms with van der Waals surface area (Å²) in [7, 11) is -3.59. The van der Waals surface area contributed by atoms with E-state index in [-0.39, 0.29) is 23.3 Å². The zero-order chi connectivity index (χ0) is 24.4. The SMILES string of the molecule is CSc1ccc(S(=O)(=O)N2CCC(C(=O)N(Cc3ccco3)c3nc4ccccc4s3)CC2)cc1. The lowest BCUT2D eigenvalue weighted by atomic mass is 9.96. The highest BCUT2D eigenvalue weighted by atomic mass is 32.2. The average molecular weight is 528 g/mol. The predicted molar refractivity (Wildman–Crippen MR) is 139 cm³/mol. The van der Waals surface area contributed by atoms with Gasteiger partial charge in [-0.1, -0.05) is 23.5 Å². The van der Waals surface area contributed by atoms with Crippen molar-refractivity contribution in [2.75, 3.05) is 24.2 Å². The van der Waals surface area contributed by atoms with Crippen LogP contribution in [-0.4, -0.2) is 43.0 Å². The second-order valence-corrected chi connectivity index (χ2v) is 12.1. The number of hydrogen-bond acceptors (Lipinski definition) is 7. The van der Waals surface area contributed by atoms with E-state index in [1.54, 1.807) is 41.1 Å². The minimum absolute atomic E-state index is 0.0539. The number of thioether (sulfide) groups is 1. The third-order valence-electron chi connectivity index (χ3n) is 6.17. The van der Waals surface area contributed by atoms with Crippen molar-refractivity contribution >= 4 is 54.4 Å². The van der Waals surface area contributed by atoms with Gasteiger partial charge in [0.15, 0.2) is 5.13 Å². The maximum absolute atomic E-state index is 13.7. The molecule has 1 saturated heterocycles. The molecular weight excluding hydrogens is 502 g/mol. The Bertz CT molecular complexity index is 1370. The average Bonchev–Trinajstić information content (AvgIpc) is 3.56. The number of fused-ring (bicyclic) bond motifs is 1. The summed E-state index contributed by atoms with van der Waals surface area (Å²) in [6.45, 7) is 0.890. The van der Waals surface area contributed by atoms with Gasteiger partial charge < -0.3 is 4.42 Å². The van der Waals surface area contributed by atoms with Crippen molar-refractivity contribution in [3.63, 3.8) is 0 Å². The van der Waals surface area contributed by atoms with Crippen LogP contribution in [-0.2, 0) is 21.4 Å². The molecule has 10 heteroatoms. The Hall–Kier alpha value is -2.66. The maximum Gasteiger partial charge on any atom is 0.243 e. The van der Waals surface area contributed by atoms with Crippen molar-refractivity contribution in [1.82, 2.24) is 9.29 Å². The highest BCUT2D eigenvalue weighted by Gasteiger charge is 2.35. The molecule has 1 aliphatic rings. The molecule has 0 bridgehead atoms. The van der Waals surface area contributed by atoms with E-state index >= 15 is 0 Å². The zero-order valence-electron chi connectivity index (χ0n) is 19.2. The van der Waals surface area contributed by atoms with Crippen LogP contribution < -0.4 is 4.90 Å². The monoisotopic (exact) mass is 527 g/mol. The normalized spacial score (nSPS) is 15.5. The van der Waals surface area contributed by atoms with E-state index in [4.69, 9.17) is 9.40 Å². The quantitative estimate of drug-likeness (QED) is 0.306. The number of carbonyl (C=O) groups excluding carboxylic acids is 1. The molecule has 0 atom stereocenters. The fourth-order valence-corrected chi connectivity index (χ4v) is 7.08. The lowest BCUT2D eigenvalue weighted by Gasteiger charge is -2.32. The first-order valence-corrected chi connectivity index (χ1v) is 14.8. The van der Waals surface area contributed by atoms with Gasteiger partial charge in [0.1, 0.15) is 5.76 Å². The largest absolute Gasteiger partial charge is 0.467 e. The molecule has 1 amide bonds. The van der Waals surface area contributed by atoms with Gasteiger partial charge in [0.05, 0.1) is 27.9 Å². The van der Waals surface area contributed by atoms with E-state index in [2.05, 4.69) is 0 Å². The number of sulfonamides is 1. The fraction of sp³-hybridized carbons (Fsp3) is 0.280. The number of rotatable bonds is 7. The number of furan rings is 1. The summed E-state index contributed by atoms with van der Waals surface area (Å²) in [6, 6.07) is 18.4. The van der Waals surface area contributed by atoms with Crippen LogP contribution in [0.1, 0.15) is 18.6 Å². The molecule has 35 heavy (non-hydrogen) atoms. The Balaban J connectivity index is 1.33. The standard InChI is InChI=1S/C25H25N3O4S3/c1-33-20-8-10-21(11-9-20)35(30,31)27-14-12-18(13-15-27)24(29)28(17-19-5-4-16-32-19)25-26-22-6-2-3-7-23(22)34-25/h2-11,16,18H,12-15,17H2,1H3. The Morgan fingerprint density at radius 3 is 2.51 bits per heavy atom. The molecule has 1 fully saturated rings. The first-order valence-electron chi connectivity index (χ1n) is 11.3. The molecule has 0 N–H and O–H groups in total. The maximum atomic E-state index is 13.7. The van der Waals surface area contributed by atoms with Crippen LogP contribution >= 0.6 is 23.1 Å². The molecule has 1 aliphatic heterocycles. The van der Waals surface area contributed by atoms with Crippen molar-refractivity contribution in [3.8, 4) is 0 Å². The Kier molecular flexibility index (Phi) is 6.97. The minimum Gasteiger partial charge on any atom is -0.467 e. The summed E-state index contributed by atoms with van der Waals surface area (Å²) in [6.07, 6.45) is 4.46. The molecule has 182 valence electrons. The highest BCUT2D eigenvalue weighted by Crippen LogP contribution is 2.33. The number of para-hydroxylation sites is 1. The third kappa shape index (κ3) is 5.02. The summed E-state index contributed by atoms with van der Waals surface area (Å²) < 4.78 is 34.3. The molecule has 0 radical (unpaired) electrons. The van der Waals surface area contributed by atoms with Gasteiger partial charge in [0.25, 0.3) is 0 Å². The molecule has 0 aliphatic carbocycles. The van der Waals surface area contributed by atoms with Crippen LogP contribution in [0.4, 0.5) is 5.13 Å². The van der Waals surface area contributed by atoms with Gasteiger partial charge in [0.2, 0.25) is 15.9 Å². The summed E-state index contributed by atoms with van der Waals surface area (Å²) in [5.41, 5.74) is 0.846. The van der Waals surface area contributed by atoms with Crippen molar-refractivity contribution in [3.05, 3.63) is 72.7 Å². The number of thiazole rings is 1. The summed E-state index contributed by atoms with van der Waals surface area (Å²) >= 11 is 3.04. The third-order valence-corrected chi connectivity index (χ3v) is 9.89. The van der Waals surface area contributed by atoms with Gasteiger partial charge in [-0.25, -0.2) is 13.4 Å². The van der Waals surface area contributed by atoms with Crippen molar-refractivity contribution in [2.24, 2.45) is 5.92 Å². The molecule has 0 spiro atoms. The van der Waals surface area contributed by atoms with Crippen molar-refractivity contribution in [1.29, 1.82) is 0 Å². The van der Waals surface area contributed by atoms with Crippen LogP contribution in [0.2, 0.25) is 0 Å². The first kappa shape index (κ1) is 24.1. The van der Waals surface area contributed by atoms with E-state index < -0.39 is 10.0 Å². The van der Waals surface area contributed by atoms with E-state index in [1.807, 2.05) is 48.7 Å². The molecule has 3 heterocycles. The molecule has 4 aromatic rings. The molecular formula is C25H25N3O4S3. The number of anilines is 1. The lowest BCUT2D eigenvalue weighted by molar-refractivity contribution is -0.123. The van der Waals surface area contributed by atoms with E-state index in [9.17, 15) is 13.2 Å². The van der Waals surface area contributed by atoms with Crippen molar-refractivity contribution in [2.45, 2.75) is 29.2 Å². The number of piperidine rings is 1. The summed E-state index contributed by atoms with van der Waals surface area (Å²) in [5, 5.41) is 0.622. The lowest BCUT2D eigenvalue weighted by Crippen LogP contribution is -2.44. The van der Waals surface area contributed by atoms with Crippen molar-refractivity contribution < 1.29 is 17.6 Å². The molecule has 0 unspecified atom stereocenters. The molecule has 2 aromatic heterocycles. The predicted octanol–water partition coefficient (Wildman–Crippen LogP) is 5.25. The summed E-state index contributed by atoms with van der Waals surface area (Å²) in [4.78, 5) is 21.4. The smallest absolute Gasteiger partial charge is 0.243 e. The van der Waals surface area contributed by atoms with Gasteiger partial charge in [-0.05, 0) is 67.6 Å². The second kappa shape index (κ2) is 10.1. The number of hydrogen-bond donors (Lipinski definition) is 0. The Labute approximate surface area is 212 Å². The van der Waals surface area contributed by atoms with Crippen LogP contribution in [0.3, 0.4) is 0 Å². The molecule has 5 rings (SSSR count). The topological polar surface area (TPSA) is 83.7 Å². The van der Waals surface area contributed by atoms with E-state index in [0.717, 1.165) is 15.1 Å². The van der Waals surface area contributed by atoms with Gasteiger partial charge >= 0.3 is 0 Å². The first-order chi connectivity index (χ1) is 17.0. The number of amides is 1. The molecule has 7 nitrogen and oxygen atoms in total. The van der Waals surface area contributed by atoms with E-state index in [1.165, 1.54) is 15.6 Å². The van der Waals surface area contributed by atoms with Gasteiger partial charge in [-0.3, -0.25) is 9.69 Å². The molecule has 0 saturated carbocycles. The molecule has 2 aromatic carbocycles. The number of benzene rings is 2.